The van der Waals surface area contributed by atoms with Crippen LogP contribution >= 0.6 is 0 Å². The van der Waals surface area contributed by atoms with E-state index < -0.39 is 69.9 Å². The third-order valence-electron chi connectivity index (χ3n) is 11.7. The fraction of sp³-hybridized carbons (Fsp3) is 0.719. The van der Waals surface area contributed by atoms with Gasteiger partial charge in [0.1, 0.15) is 29.5 Å². The summed E-state index contributed by atoms with van der Waals surface area (Å²) in [5, 5.41) is 24.8. The minimum absolute atomic E-state index is 0.258. The van der Waals surface area contributed by atoms with Gasteiger partial charge in [-0.2, -0.15) is 0 Å². The first kappa shape index (κ1) is 28.6. The fourth-order valence-corrected chi connectivity index (χ4v) is 9.52. The topological polar surface area (TPSA) is 132 Å². The molecule has 0 aromatic rings. The van der Waals surface area contributed by atoms with Gasteiger partial charge in [-0.3, -0.25) is 4.79 Å². The van der Waals surface area contributed by atoms with E-state index in [1.54, 1.807) is 26.8 Å². The highest BCUT2D eigenvalue weighted by atomic mass is 16.6. The van der Waals surface area contributed by atoms with Crippen LogP contribution < -0.4 is 0 Å². The van der Waals surface area contributed by atoms with E-state index >= 15 is 0 Å². The number of rotatable bonds is 3. The summed E-state index contributed by atoms with van der Waals surface area (Å²) in [5.74, 6) is -2.85. The van der Waals surface area contributed by atoms with Gasteiger partial charge in [-0.05, 0) is 75.4 Å². The maximum atomic E-state index is 12.6. The maximum absolute atomic E-state index is 12.6. The van der Waals surface area contributed by atoms with Gasteiger partial charge in [0.2, 0.25) is 0 Å². The van der Waals surface area contributed by atoms with Crippen molar-refractivity contribution in [3.05, 3.63) is 36.0 Å². The molecule has 1 unspecified atom stereocenters. The molecule has 3 aliphatic heterocycles. The largest absolute Gasteiger partial charge is 0.462 e. The van der Waals surface area contributed by atoms with Crippen molar-refractivity contribution < 1.29 is 43.5 Å². The zero-order chi connectivity index (χ0) is 29.9. The molecule has 4 fully saturated rings. The van der Waals surface area contributed by atoms with Crippen LogP contribution in [-0.4, -0.2) is 68.8 Å². The van der Waals surface area contributed by atoms with Crippen LogP contribution in [0.25, 0.3) is 0 Å². The van der Waals surface area contributed by atoms with Gasteiger partial charge in [0.25, 0.3) is 0 Å². The van der Waals surface area contributed by atoms with Crippen LogP contribution in [0.5, 0.6) is 0 Å². The summed E-state index contributed by atoms with van der Waals surface area (Å²) < 4.78 is 23.9. The molecule has 9 heteroatoms. The van der Waals surface area contributed by atoms with Gasteiger partial charge in [0.15, 0.2) is 0 Å². The van der Waals surface area contributed by atoms with E-state index in [-0.39, 0.29) is 17.8 Å². The minimum Gasteiger partial charge on any atom is -0.462 e. The minimum atomic E-state index is -1.32. The number of fused-ring (bicyclic) bond motifs is 4. The molecule has 2 N–H and O–H groups in total. The Bertz CT molecular complexity index is 1280. The maximum Gasteiger partial charge on any atom is 0.333 e. The SMILES string of the molecule is C=C1[C@@H]2C[C@]3(O)[C@H]4O[C@]45C=CC(=O)OC(C)(C)C5[C@H](OC(C)=O)C[C@H]3[C@]2(C)CC[C@@]1(O)[C@@H](C)[C@H]1CC=C(C)C(=O)O1. The molecule has 0 amide bonds. The van der Waals surface area contributed by atoms with Crippen molar-refractivity contribution in [1.82, 2.24) is 0 Å². The third-order valence-corrected chi connectivity index (χ3v) is 11.7. The number of cyclic esters (lactones) is 2. The van der Waals surface area contributed by atoms with Crippen LogP contribution in [0.3, 0.4) is 0 Å². The number of esters is 3. The van der Waals surface area contributed by atoms with E-state index in [2.05, 4.69) is 13.5 Å². The normalized spacial score (nSPS) is 48.6. The molecule has 224 valence electrons. The van der Waals surface area contributed by atoms with Gasteiger partial charge in [-0.1, -0.05) is 26.5 Å². The molecule has 11 atom stereocenters. The van der Waals surface area contributed by atoms with Crippen molar-refractivity contribution in [2.45, 2.75) is 114 Å². The van der Waals surface area contributed by atoms with Crippen molar-refractivity contribution in [2.24, 2.45) is 29.1 Å². The fourth-order valence-electron chi connectivity index (χ4n) is 9.52. The lowest BCUT2D eigenvalue weighted by Gasteiger charge is -2.52. The van der Waals surface area contributed by atoms with Crippen molar-refractivity contribution in [2.75, 3.05) is 0 Å². The summed E-state index contributed by atoms with van der Waals surface area (Å²) in [5.41, 5.74) is -3.97. The van der Waals surface area contributed by atoms with Crippen LogP contribution in [0.4, 0.5) is 0 Å². The highest BCUT2D eigenvalue weighted by Gasteiger charge is 2.81. The molecule has 0 aromatic heterocycles. The number of carbonyl (C=O) groups is 3. The molecule has 1 saturated heterocycles. The molecule has 1 spiro atoms. The highest BCUT2D eigenvalue weighted by Crippen LogP contribution is 2.72. The Morgan fingerprint density at radius 2 is 1.90 bits per heavy atom. The van der Waals surface area contributed by atoms with Crippen molar-refractivity contribution >= 4 is 17.9 Å². The van der Waals surface area contributed by atoms with Gasteiger partial charge >= 0.3 is 17.9 Å². The van der Waals surface area contributed by atoms with Crippen molar-refractivity contribution in [3.63, 3.8) is 0 Å². The molecule has 3 heterocycles. The Morgan fingerprint density at radius 3 is 2.56 bits per heavy atom. The molecule has 0 aromatic carbocycles. The van der Waals surface area contributed by atoms with Gasteiger partial charge in [0.05, 0.1) is 17.1 Å². The summed E-state index contributed by atoms with van der Waals surface area (Å²) in [7, 11) is 0. The van der Waals surface area contributed by atoms with Crippen LogP contribution in [0.2, 0.25) is 0 Å². The molecule has 0 radical (unpaired) electrons. The summed E-state index contributed by atoms with van der Waals surface area (Å²) in [6, 6.07) is 0. The zero-order valence-corrected chi connectivity index (χ0v) is 24.8. The Hall–Kier alpha value is -2.49. The lowest BCUT2D eigenvalue weighted by molar-refractivity contribution is -0.174. The molecule has 41 heavy (non-hydrogen) atoms. The van der Waals surface area contributed by atoms with Crippen LogP contribution in [-0.2, 0) is 33.3 Å². The third kappa shape index (κ3) is 3.87. The second kappa shape index (κ2) is 8.77. The molecular formula is C32H42O9. The Morgan fingerprint density at radius 1 is 1.20 bits per heavy atom. The van der Waals surface area contributed by atoms with Crippen LogP contribution in [0, 0.1) is 29.1 Å². The van der Waals surface area contributed by atoms with Crippen molar-refractivity contribution in [1.29, 1.82) is 0 Å². The Kier molecular flexibility index (Phi) is 6.12. The van der Waals surface area contributed by atoms with Crippen molar-refractivity contribution in [3.8, 4) is 0 Å². The predicted molar refractivity (Wildman–Crippen MR) is 146 cm³/mol. The first-order chi connectivity index (χ1) is 19.0. The monoisotopic (exact) mass is 570 g/mol. The van der Waals surface area contributed by atoms with E-state index in [0.717, 1.165) is 0 Å². The number of ether oxygens (including phenoxy) is 4. The van der Waals surface area contributed by atoms with E-state index in [1.165, 1.54) is 13.0 Å². The van der Waals surface area contributed by atoms with Gasteiger partial charge in [-0.15, -0.1) is 0 Å². The van der Waals surface area contributed by atoms with E-state index in [0.29, 0.717) is 43.3 Å². The molecule has 9 nitrogen and oxygen atoms in total. The smallest absolute Gasteiger partial charge is 0.333 e. The number of hydrogen-bond acceptors (Lipinski definition) is 9. The first-order valence-corrected chi connectivity index (χ1v) is 14.8. The highest BCUT2D eigenvalue weighted by molar-refractivity contribution is 5.88. The summed E-state index contributed by atoms with van der Waals surface area (Å²) in [4.78, 5) is 37.2. The summed E-state index contributed by atoms with van der Waals surface area (Å²) in [6.45, 7) is 15.1. The first-order valence-electron chi connectivity index (χ1n) is 14.8. The van der Waals surface area contributed by atoms with Gasteiger partial charge in [-0.25, -0.2) is 9.59 Å². The molecule has 3 saturated carbocycles. The van der Waals surface area contributed by atoms with E-state index in [4.69, 9.17) is 18.9 Å². The molecule has 6 rings (SSSR count). The molecule has 0 bridgehead atoms. The Labute approximate surface area is 240 Å². The van der Waals surface area contributed by atoms with Gasteiger partial charge in [0, 0.05) is 30.9 Å². The molecule has 3 aliphatic carbocycles. The van der Waals surface area contributed by atoms with Gasteiger partial charge < -0.3 is 29.2 Å². The number of carbonyl (C=O) groups excluding carboxylic acids is 3. The summed E-state index contributed by atoms with van der Waals surface area (Å²) in [6.07, 6.45) is 5.25. The number of epoxide rings is 1. The van der Waals surface area contributed by atoms with Crippen LogP contribution in [0.15, 0.2) is 36.0 Å². The second-order valence-corrected chi connectivity index (χ2v) is 14.2. The average molecular weight is 571 g/mol. The number of hydrogen-bond donors (Lipinski definition) is 2. The quantitative estimate of drug-likeness (QED) is 0.227. The lowest BCUT2D eigenvalue weighted by atomic mass is 9.55. The lowest BCUT2D eigenvalue weighted by Crippen LogP contribution is -2.54. The number of aliphatic hydroxyl groups is 2. The van der Waals surface area contributed by atoms with E-state index in [1.807, 2.05) is 13.0 Å². The standard InChI is InChI=1S/C32H42O9/c1-16-8-9-21(39-26(16)35)18(3)30(36)13-12-29(7)20(17(30)2)15-31(37)23(29)14-22(38-19(4)33)25-28(5,6)40-24(34)10-11-32(25)27(31)41-32/h8,10-11,18,20-23,25,27,36-37H,2,9,12-15H2,1,3-7H3/t18-,20-,21+,22+,23-,25?,27+,29+,30-,31+,32-/m0/s1. The van der Waals surface area contributed by atoms with E-state index in [9.17, 15) is 24.6 Å². The average Bonchev–Trinajstić information content (AvgIpc) is 3.59. The predicted octanol–water partition coefficient (Wildman–Crippen LogP) is 3.32. The van der Waals surface area contributed by atoms with Crippen LogP contribution in [0.1, 0.15) is 73.6 Å². The second-order valence-electron chi connectivity index (χ2n) is 14.2. The Balaban J connectivity index is 1.37. The molecule has 6 aliphatic rings. The molecular weight excluding hydrogens is 528 g/mol. The zero-order valence-electron chi connectivity index (χ0n) is 24.8. The summed E-state index contributed by atoms with van der Waals surface area (Å²) >= 11 is 0.